The van der Waals surface area contributed by atoms with E-state index in [0.717, 1.165) is 54.4 Å². The Bertz CT molecular complexity index is 3280. The lowest BCUT2D eigenvalue weighted by Gasteiger charge is -2.14. The fourth-order valence-electron chi connectivity index (χ4n) is 8.56. The number of furan rings is 1. The van der Waals surface area contributed by atoms with Gasteiger partial charge in [0.2, 0.25) is 0 Å². The van der Waals surface area contributed by atoms with Crippen molar-refractivity contribution in [3.63, 3.8) is 0 Å². The van der Waals surface area contributed by atoms with Crippen LogP contribution in [0.4, 0.5) is 0 Å². The number of para-hydroxylation sites is 4. The zero-order valence-corrected chi connectivity index (χ0v) is 32.4. The van der Waals surface area contributed by atoms with Crippen molar-refractivity contribution in [1.29, 1.82) is 0 Å². The van der Waals surface area contributed by atoms with E-state index in [0.29, 0.717) is 0 Å². The first-order valence-corrected chi connectivity index (χ1v) is 20.1. The molecule has 0 atom stereocenters. The van der Waals surface area contributed by atoms with E-state index in [-0.39, 0.29) is 0 Å². The molecular formula is C54H34BrNO. The highest BCUT2D eigenvalue weighted by molar-refractivity contribution is 9.10. The molecule has 2 heterocycles. The van der Waals surface area contributed by atoms with E-state index >= 15 is 0 Å². The largest absolute Gasteiger partial charge is 0.455 e. The van der Waals surface area contributed by atoms with Gasteiger partial charge in [0.05, 0.1) is 11.0 Å². The predicted octanol–water partition coefficient (Wildman–Crippen LogP) is 15.8. The minimum atomic E-state index is 0.916. The van der Waals surface area contributed by atoms with Gasteiger partial charge in [-0.3, -0.25) is 0 Å². The van der Waals surface area contributed by atoms with Crippen LogP contribution >= 0.6 is 15.9 Å². The second-order valence-electron chi connectivity index (χ2n) is 14.6. The second-order valence-corrected chi connectivity index (χ2v) is 15.5. The Morgan fingerprint density at radius 1 is 0.333 bits per heavy atom. The first-order valence-electron chi connectivity index (χ1n) is 19.3. The van der Waals surface area contributed by atoms with E-state index in [2.05, 4.69) is 215 Å². The van der Waals surface area contributed by atoms with Crippen LogP contribution in [-0.2, 0) is 0 Å². The van der Waals surface area contributed by atoms with Crippen LogP contribution in [-0.4, -0.2) is 4.57 Å². The minimum absolute atomic E-state index is 0.916. The molecule has 0 amide bonds. The number of halogens is 1. The molecule has 0 N–H and O–H groups in total. The molecule has 0 saturated carbocycles. The molecule has 0 fully saturated rings. The molecule has 9 aromatic carbocycles. The lowest BCUT2D eigenvalue weighted by Crippen LogP contribution is -1.93. The Balaban J connectivity index is 0.922. The summed E-state index contributed by atoms with van der Waals surface area (Å²) in [7, 11) is 0. The van der Waals surface area contributed by atoms with Crippen LogP contribution in [0.2, 0.25) is 0 Å². The van der Waals surface area contributed by atoms with E-state index in [4.69, 9.17) is 4.42 Å². The van der Waals surface area contributed by atoms with E-state index < -0.39 is 0 Å². The van der Waals surface area contributed by atoms with Crippen LogP contribution in [0, 0.1) is 0 Å². The van der Waals surface area contributed by atoms with Crippen molar-refractivity contribution in [2.24, 2.45) is 0 Å². The molecule has 0 bridgehead atoms. The van der Waals surface area contributed by atoms with Crippen LogP contribution in [0.3, 0.4) is 0 Å². The molecule has 0 spiro atoms. The number of hydrogen-bond acceptors (Lipinski definition) is 1. The van der Waals surface area contributed by atoms with Crippen molar-refractivity contribution < 1.29 is 4.42 Å². The highest BCUT2D eigenvalue weighted by atomic mass is 79.9. The van der Waals surface area contributed by atoms with Gasteiger partial charge in [-0.2, -0.15) is 0 Å². The number of aromatic nitrogens is 1. The van der Waals surface area contributed by atoms with Crippen molar-refractivity contribution in [1.82, 2.24) is 4.57 Å². The zero-order chi connectivity index (χ0) is 37.9. The zero-order valence-electron chi connectivity index (χ0n) is 30.9. The molecule has 3 heteroatoms. The summed E-state index contributed by atoms with van der Waals surface area (Å²) in [5.41, 5.74) is 17.1. The van der Waals surface area contributed by atoms with Gasteiger partial charge in [-0.15, -0.1) is 0 Å². The van der Waals surface area contributed by atoms with Gasteiger partial charge in [0.1, 0.15) is 11.2 Å². The van der Waals surface area contributed by atoms with Crippen LogP contribution in [0.15, 0.2) is 215 Å². The number of hydrogen-bond donors (Lipinski definition) is 0. The quantitative estimate of drug-likeness (QED) is 0.164. The van der Waals surface area contributed by atoms with Crippen LogP contribution < -0.4 is 0 Å². The van der Waals surface area contributed by atoms with E-state index in [1.807, 2.05) is 12.1 Å². The third kappa shape index (κ3) is 5.78. The third-order valence-corrected chi connectivity index (χ3v) is 11.7. The van der Waals surface area contributed by atoms with Gasteiger partial charge in [0, 0.05) is 37.3 Å². The molecule has 268 valence electrons. The Kier molecular flexibility index (Phi) is 8.01. The molecule has 2 nitrogen and oxygen atoms in total. The van der Waals surface area contributed by atoms with Gasteiger partial charge in [-0.1, -0.05) is 174 Å². The Morgan fingerprint density at radius 2 is 0.877 bits per heavy atom. The summed E-state index contributed by atoms with van der Waals surface area (Å²) < 4.78 is 9.75. The van der Waals surface area contributed by atoms with Crippen molar-refractivity contribution in [2.45, 2.75) is 0 Å². The Labute approximate surface area is 339 Å². The number of fused-ring (bicyclic) bond motifs is 6. The normalized spacial score (nSPS) is 11.6. The SMILES string of the molecule is Brc1cc(-c2ccc(-c3ccc(-c4cccc5c4oc4ccccc45)cc3)cc2)cc(-c2ccccc2-c2ccc3c4ccccc4n(-c4ccccc4)c3c2)c1. The van der Waals surface area contributed by atoms with Crippen LogP contribution in [0.1, 0.15) is 0 Å². The molecular weight excluding hydrogens is 759 g/mol. The van der Waals surface area contributed by atoms with Gasteiger partial charge in [0.15, 0.2) is 0 Å². The van der Waals surface area contributed by atoms with Gasteiger partial charge >= 0.3 is 0 Å². The summed E-state index contributed by atoms with van der Waals surface area (Å²) in [6.07, 6.45) is 0. The smallest absolute Gasteiger partial charge is 0.143 e. The molecule has 11 aromatic rings. The maximum atomic E-state index is 6.32. The summed E-state index contributed by atoms with van der Waals surface area (Å²) in [6, 6.07) is 74.1. The molecule has 0 aliphatic rings. The third-order valence-electron chi connectivity index (χ3n) is 11.3. The highest BCUT2D eigenvalue weighted by Gasteiger charge is 2.16. The average molecular weight is 793 g/mol. The first-order chi connectivity index (χ1) is 28.2. The molecule has 0 radical (unpaired) electrons. The van der Waals surface area contributed by atoms with E-state index in [1.165, 1.54) is 55.2 Å². The summed E-state index contributed by atoms with van der Waals surface area (Å²) in [4.78, 5) is 0. The standard InChI is InChI=1S/C54H34BrNO/c55-42-32-40(37-23-21-35(22-24-37)36-25-27-38(28-26-36)46-17-10-18-50-49-16-7-9-20-53(49)57-54(46)50)31-41(33-42)45-14-5-4-13-44(45)39-29-30-48-47-15-6-8-19-51(47)56(52(48)34-39)43-11-2-1-3-12-43/h1-34H. The minimum Gasteiger partial charge on any atom is -0.455 e. The monoisotopic (exact) mass is 791 g/mol. The molecule has 0 saturated heterocycles. The summed E-state index contributed by atoms with van der Waals surface area (Å²) in [6.45, 7) is 0. The van der Waals surface area contributed by atoms with Gasteiger partial charge in [-0.25, -0.2) is 0 Å². The topological polar surface area (TPSA) is 18.1 Å². The van der Waals surface area contributed by atoms with Crippen molar-refractivity contribution in [3.05, 3.63) is 211 Å². The Hall–Kier alpha value is -6.94. The van der Waals surface area contributed by atoms with Crippen molar-refractivity contribution in [2.75, 3.05) is 0 Å². The van der Waals surface area contributed by atoms with Gasteiger partial charge < -0.3 is 8.98 Å². The van der Waals surface area contributed by atoms with Gasteiger partial charge in [-0.05, 0) is 98.6 Å². The maximum Gasteiger partial charge on any atom is 0.143 e. The highest BCUT2D eigenvalue weighted by Crippen LogP contribution is 2.41. The van der Waals surface area contributed by atoms with E-state index in [9.17, 15) is 0 Å². The fraction of sp³-hybridized carbons (Fsp3) is 0. The summed E-state index contributed by atoms with van der Waals surface area (Å²) in [5.74, 6) is 0. The lowest BCUT2D eigenvalue weighted by molar-refractivity contribution is 0.670. The molecule has 57 heavy (non-hydrogen) atoms. The molecule has 2 aromatic heterocycles. The molecule has 0 aliphatic heterocycles. The molecule has 11 rings (SSSR count). The van der Waals surface area contributed by atoms with Crippen molar-refractivity contribution >= 4 is 59.7 Å². The van der Waals surface area contributed by atoms with E-state index in [1.54, 1.807) is 0 Å². The van der Waals surface area contributed by atoms with Crippen LogP contribution in [0.5, 0.6) is 0 Å². The number of rotatable bonds is 6. The lowest BCUT2D eigenvalue weighted by atomic mass is 9.92. The van der Waals surface area contributed by atoms with Gasteiger partial charge in [0.25, 0.3) is 0 Å². The summed E-state index contributed by atoms with van der Waals surface area (Å²) in [5, 5.41) is 4.80. The second kappa shape index (κ2) is 13.7. The molecule has 0 aliphatic carbocycles. The first kappa shape index (κ1) is 33.4. The number of benzene rings is 9. The van der Waals surface area contributed by atoms with Crippen molar-refractivity contribution in [3.8, 4) is 61.3 Å². The summed E-state index contributed by atoms with van der Waals surface area (Å²) >= 11 is 3.87. The fourth-order valence-corrected chi connectivity index (χ4v) is 9.06. The Morgan fingerprint density at radius 3 is 1.65 bits per heavy atom. The average Bonchev–Trinajstić information content (AvgIpc) is 3.82. The number of nitrogens with zero attached hydrogens (tertiary/aromatic N) is 1. The predicted molar refractivity (Wildman–Crippen MR) is 243 cm³/mol. The molecule has 0 unspecified atom stereocenters. The van der Waals surface area contributed by atoms with Crippen LogP contribution in [0.25, 0.3) is 105 Å². The maximum absolute atomic E-state index is 6.32.